The number of nitrogens with one attached hydrogen (secondary N) is 1. The molecule has 0 aromatic heterocycles. The molecule has 0 aliphatic rings. The normalized spacial score (nSPS) is 13.4. The molecule has 5 nitrogen and oxygen atoms in total. The Morgan fingerprint density at radius 1 is 1.21 bits per heavy atom. The third kappa shape index (κ3) is 5.37. The summed E-state index contributed by atoms with van der Waals surface area (Å²) in [6.07, 6.45) is 1.12. The van der Waals surface area contributed by atoms with Crippen LogP contribution >= 0.6 is 0 Å². The average molecular weight is 328 g/mol. The molecule has 0 heterocycles. The van der Waals surface area contributed by atoms with Crippen LogP contribution in [-0.4, -0.2) is 28.7 Å². The number of rotatable bonds is 8. The first-order valence-electron chi connectivity index (χ1n) is 8.05. The van der Waals surface area contributed by atoms with Crippen LogP contribution in [0.5, 0.6) is 5.75 Å². The molecule has 0 saturated carbocycles. The highest BCUT2D eigenvalue weighted by atomic mass is 16.3. The number of benzene rings is 2. The van der Waals surface area contributed by atoms with Crippen LogP contribution in [0.15, 0.2) is 48.5 Å². The summed E-state index contributed by atoms with van der Waals surface area (Å²) in [5, 5.41) is 22.9. The molecular weight excluding hydrogens is 304 g/mol. The van der Waals surface area contributed by atoms with Gasteiger partial charge in [0.15, 0.2) is 0 Å². The highest BCUT2D eigenvalue weighted by molar-refractivity contribution is 5.92. The molecule has 2 aromatic rings. The van der Waals surface area contributed by atoms with E-state index in [1.165, 1.54) is 0 Å². The average Bonchev–Trinajstić information content (AvgIpc) is 2.58. The van der Waals surface area contributed by atoms with Crippen molar-refractivity contribution in [1.29, 1.82) is 0 Å². The predicted molar refractivity (Wildman–Crippen MR) is 93.8 cm³/mol. The number of phenols is 1. The predicted octanol–water partition coefficient (Wildman–Crippen LogP) is 2.14. The maximum absolute atomic E-state index is 11.0. The Bertz CT molecular complexity index is 671. The number of aromatic hydroxyl groups is 1. The lowest BCUT2D eigenvalue weighted by atomic mass is 10.0. The van der Waals surface area contributed by atoms with Crippen molar-refractivity contribution in [3.05, 3.63) is 65.2 Å². The maximum Gasteiger partial charge on any atom is 0.248 e. The zero-order chi connectivity index (χ0) is 17.5. The van der Waals surface area contributed by atoms with Gasteiger partial charge in [0.2, 0.25) is 5.91 Å². The molecule has 2 aromatic carbocycles. The fraction of sp³-hybridized carbons (Fsp3) is 0.316. The number of primary amides is 1. The molecule has 5 heteroatoms. The van der Waals surface area contributed by atoms with Gasteiger partial charge in [0.25, 0.3) is 0 Å². The lowest BCUT2D eigenvalue weighted by molar-refractivity contribution is 0.100. The zero-order valence-electron chi connectivity index (χ0n) is 13.8. The topological polar surface area (TPSA) is 95.6 Å². The van der Waals surface area contributed by atoms with Crippen LogP contribution < -0.4 is 11.1 Å². The molecule has 0 bridgehead atoms. The summed E-state index contributed by atoms with van der Waals surface area (Å²) in [6, 6.07) is 14.2. The zero-order valence-corrected chi connectivity index (χ0v) is 13.8. The lowest BCUT2D eigenvalue weighted by Gasteiger charge is -2.17. The van der Waals surface area contributed by atoms with Crippen LogP contribution in [0.3, 0.4) is 0 Å². The Labute approximate surface area is 142 Å². The third-order valence-corrected chi connectivity index (χ3v) is 4.02. The van der Waals surface area contributed by atoms with Gasteiger partial charge in [0, 0.05) is 18.2 Å². The van der Waals surface area contributed by atoms with Crippen LogP contribution in [-0.2, 0) is 6.42 Å². The number of nitrogens with two attached hydrogens (primary N) is 1. The SMILES string of the molecule is C[C@H](CCc1ccc(C(N)=O)cc1)NC[C@H](O)c1cccc(O)c1. The second kappa shape index (κ2) is 8.47. The summed E-state index contributed by atoms with van der Waals surface area (Å²) >= 11 is 0. The fourth-order valence-corrected chi connectivity index (χ4v) is 2.48. The molecule has 2 rings (SSSR count). The first-order valence-corrected chi connectivity index (χ1v) is 8.05. The minimum atomic E-state index is -0.658. The number of aryl methyl sites for hydroxylation is 1. The molecule has 0 spiro atoms. The number of aliphatic hydroxyl groups is 1. The highest BCUT2D eigenvalue weighted by Gasteiger charge is 2.10. The molecule has 0 radical (unpaired) electrons. The summed E-state index contributed by atoms with van der Waals surface area (Å²) in [4.78, 5) is 11.0. The second-order valence-corrected chi connectivity index (χ2v) is 6.02. The van der Waals surface area contributed by atoms with Gasteiger partial charge < -0.3 is 21.3 Å². The smallest absolute Gasteiger partial charge is 0.248 e. The molecule has 0 aliphatic heterocycles. The molecule has 0 fully saturated rings. The summed E-state index contributed by atoms with van der Waals surface area (Å²) in [5.41, 5.74) is 7.57. The molecule has 5 N–H and O–H groups in total. The monoisotopic (exact) mass is 328 g/mol. The van der Waals surface area contributed by atoms with Gasteiger partial charge in [-0.15, -0.1) is 0 Å². The quantitative estimate of drug-likeness (QED) is 0.597. The van der Waals surface area contributed by atoms with E-state index < -0.39 is 12.0 Å². The molecule has 0 aliphatic carbocycles. The number of aliphatic hydroxyl groups excluding tert-OH is 1. The van der Waals surface area contributed by atoms with Crippen LogP contribution in [0.2, 0.25) is 0 Å². The Balaban J connectivity index is 1.76. The van der Waals surface area contributed by atoms with Gasteiger partial charge in [-0.05, 0) is 55.2 Å². The van der Waals surface area contributed by atoms with Crippen molar-refractivity contribution in [3.8, 4) is 5.75 Å². The molecular formula is C19H24N2O3. The van der Waals surface area contributed by atoms with Crippen molar-refractivity contribution in [2.24, 2.45) is 5.73 Å². The van der Waals surface area contributed by atoms with Crippen molar-refractivity contribution < 1.29 is 15.0 Å². The number of carbonyl (C=O) groups excluding carboxylic acids is 1. The fourth-order valence-electron chi connectivity index (χ4n) is 2.48. The maximum atomic E-state index is 11.0. The number of amides is 1. The van der Waals surface area contributed by atoms with Crippen LogP contribution in [0, 0.1) is 0 Å². The number of carbonyl (C=O) groups is 1. The van der Waals surface area contributed by atoms with E-state index in [0.717, 1.165) is 18.4 Å². The highest BCUT2D eigenvalue weighted by Crippen LogP contribution is 2.17. The Morgan fingerprint density at radius 3 is 2.54 bits per heavy atom. The van der Waals surface area contributed by atoms with E-state index in [1.807, 2.05) is 12.1 Å². The third-order valence-electron chi connectivity index (χ3n) is 4.02. The standard InChI is InChI=1S/C19H24N2O3/c1-13(5-6-14-7-9-15(10-8-14)19(20)24)21-12-18(23)16-3-2-4-17(22)11-16/h2-4,7-11,13,18,21-23H,5-6,12H2,1H3,(H2,20,24)/t13-,18+/m1/s1. The van der Waals surface area contributed by atoms with E-state index in [4.69, 9.17) is 5.73 Å². The number of phenolic OH excluding ortho intramolecular Hbond substituents is 1. The molecule has 128 valence electrons. The molecule has 2 atom stereocenters. The minimum Gasteiger partial charge on any atom is -0.508 e. The largest absolute Gasteiger partial charge is 0.508 e. The first-order chi connectivity index (χ1) is 11.5. The van der Waals surface area contributed by atoms with Crippen molar-refractivity contribution >= 4 is 5.91 Å². The van der Waals surface area contributed by atoms with Gasteiger partial charge in [-0.3, -0.25) is 4.79 Å². The summed E-state index contributed by atoms with van der Waals surface area (Å²) in [7, 11) is 0. The van der Waals surface area contributed by atoms with Gasteiger partial charge in [0.05, 0.1) is 6.10 Å². The van der Waals surface area contributed by atoms with Crippen molar-refractivity contribution in [1.82, 2.24) is 5.32 Å². The van der Waals surface area contributed by atoms with Crippen molar-refractivity contribution in [2.75, 3.05) is 6.54 Å². The van der Waals surface area contributed by atoms with Crippen molar-refractivity contribution in [2.45, 2.75) is 31.9 Å². The van der Waals surface area contributed by atoms with E-state index in [-0.39, 0.29) is 11.8 Å². The van der Waals surface area contributed by atoms with Crippen LogP contribution in [0.25, 0.3) is 0 Å². The van der Waals surface area contributed by atoms with E-state index in [1.54, 1.807) is 36.4 Å². The lowest BCUT2D eigenvalue weighted by Crippen LogP contribution is -2.30. The second-order valence-electron chi connectivity index (χ2n) is 6.02. The van der Waals surface area contributed by atoms with Gasteiger partial charge in [-0.1, -0.05) is 24.3 Å². The molecule has 1 amide bonds. The van der Waals surface area contributed by atoms with E-state index >= 15 is 0 Å². The van der Waals surface area contributed by atoms with Gasteiger partial charge in [-0.2, -0.15) is 0 Å². The molecule has 0 unspecified atom stereocenters. The Morgan fingerprint density at radius 2 is 1.92 bits per heavy atom. The van der Waals surface area contributed by atoms with Crippen LogP contribution in [0.4, 0.5) is 0 Å². The molecule has 24 heavy (non-hydrogen) atoms. The summed E-state index contributed by atoms with van der Waals surface area (Å²) in [6.45, 7) is 2.48. The van der Waals surface area contributed by atoms with E-state index in [9.17, 15) is 15.0 Å². The number of hydrogen-bond donors (Lipinski definition) is 4. The van der Waals surface area contributed by atoms with E-state index in [2.05, 4.69) is 12.2 Å². The number of hydrogen-bond acceptors (Lipinski definition) is 4. The summed E-state index contributed by atoms with van der Waals surface area (Å²) < 4.78 is 0. The van der Waals surface area contributed by atoms with Crippen molar-refractivity contribution in [3.63, 3.8) is 0 Å². The molecule has 0 saturated heterocycles. The Kier molecular flexibility index (Phi) is 6.35. The minimum absolute atomic E-state index is 0.152. The Hall–Kier alpha value is -2.37. The van der Waals surface area contributed by atoms with Gasteiger partial charge >= 0.3 is 0 Å². The summed E-state index contributed by atoms with van der Waals surface area (Å²) in [5.74, 6) is -0.267. The van der Waals surface area contributed by atoms with E-state index in [0.29, 0.717) is 17.7 Å². The first kappa shape index (κ1) is 18.0. The van der Waals surface area contributed by atoms with Gasteiger partial charge in [0.1, 0.15) is 5.75 Å². The van der Waals surface area contributed by atoms with Crippen LogP contribution in [0.1, 0.15) is 40.9 Å². The van der Waals surface area contributed by atoms with Gasteiger partial charge in [-0.25, -0.2) is 0 Å².